The standard InChI is InChI=1S/C15H15N5O3/c1-8(2)20-13-14(19(3)15(20)21)18-17-12(16-13)9-4-5-10-11(6-9)23-7-22-10/h4-6,8H,7H2,1-3H3. The van der Waals surface area contributed by atoms with Crippen molar-refractivity contribution in [2.45, 2.75) is 19.9 Å². The van der Waals surface area contributed by atoms with Gasteiger partial charge in [0.25, 0.3) is 0 Å². The Kier molecular flexibility index (Phi) is 2.87. The molecule has 0 fully saturated rings. The molecule has 3 aromatic rings. The largest absolute Gasteiger partial charge is 0.454 e. The molecule has 0 aliphatic carbocycles. The summed E-state index contributed by atoms with van der Waals surface area (Å²) in [6.45, 7) is 4.08. The molecule has 0 saturated carbocycles. The minimum Gasteiger partial charge on any atom is -0.454 e. The second-order valence-electron chi connectivity index (χ2n) is 5.66. The summed E-state index contributed by atoms with van der Waals surface area (Å²) in [5.41, 5.74) is 1.60. The fourth-order valence-electron chi connectivity index (χ4n) is 2.66. The first-order valence-electron chi connectivity index (χ1n) is 7.28. The minimum atomic E-state index is -0.153. The molecule has 0 N–H and O–H groups in total. The average Bonchev–Trinajstić information content (AvgIpc) is 3.10. The summed E-state index contributed by atoms with van der Waals surface area (Å²) >= 11 is 0. The van der Waals surface area contributed by atoms with E-state index in [0.717, 1.165) is 5.56 Å². The van der Waals surface area contributed by atoms with Crippen LogP contribution in [0.25, 0.3) is 22.7 Å². The van der Waals surface area contributed by atoms with Crippen LogP contribution in [0.3, 0.4) is 0 Å². The van der Waals surface area contributed by atoms with Crippen LogP contribution in [0.4, 0.5) is 0 Å². The monoisotopic (exact) mass is 313 g/mol. The van der Waals surface area contributed by atoms with Gasteiger partial charge in [0.05, 0.1) is 0 Å². The molecule has 1 aromatic carbocycles. The Balaban J connectivity index is 1.92. The summed E-state index contributed by atoms with van der Waals surface area (Å²) in [7, 11) is 1.67. The fraction of sp³-hybridized carbons (Fsp3) is 0.333. The molecule has 3 heterocycles. The molecule has 1 aliphatic heterocycles. The zero-order chi connectivity index (χ0) is 16.1. The molecule has 0 unspecified atom stereocenters. The Bertz CT molecular complexity index is 973. The van der Waals surface area contributed by atoms with Gasteiger partial charge >= 0.3 is 5.69 Å². The molecule has 2 aromatic heterocycles. The third-order valence-electron chi connectivity index (χ3n) is 3.84. The lowest BCUT2D eigenvalue weighted by Crippen LogP contribution is -2.23. The van der Waals surface area contributed by atoms with Gasteiger partial charge in [0, 0.05) is 18.7 Å². The van der Waals surface area contributed by atoms with Gasteiger partial charge in [0.1, 0.15) is 0 Å². The van der Waals surface area contributed by atoms with Crippen LogP contribution in [-0.4, -0.2) is 31.1 Å². The van der Waals surface area contributed by atoms with Crippen molar-refractivity contribution in [3.63, 3.8) is 0 Å². The predicted octanol–water partition coefficient (Wildman–Crippen LogP) is 1.50. The van der Waals surface area contributed by atoms with E-state index in [1.165, 1.54) is 4.57 Å². The van der Waals surface area contributed by atoms with Crippen molar-refractivity contribution in [1.82, 2.24) is 24.3 Å². The molecule has 23 heavy (non-hydrogen) atoms. The van der Waals surface area contributed by atoms with E-state index in [4.69, 9.17) is 9.47 Å². The van der Waals surface area contributed by atoms with Crippen molar-refractivity contribution in [1.29, 1.82) is 0 Å². The number of aromatic nitrogens is 5. The first-order chi connectivity index (χ1) is 11.1. The summed E-state index contributed by atoms with van der Waals surface area (Å²) in [4.78, 5) is 16.9. The molecule has 4 rings (SSSR count). The van der Waals surface area contributed by atoms with E-state index in [1.54, 1.807) is 11.6 Å². The molecule has 1 aliphatic rings. The van der Waals surface area contributed by atoms with Crippen molar-refractivity contribution >= 4 is 11.3 Å². The van der Waals surface area contributed by atoms with Crippen LogP contribution in [0.2, 0.25) is 0 Å². The second-order valence-corrected chi connectivity index (χ2v) is 5.66. The molecule has 0 saturated heterocycles. The van der Waals surface area contributed by atoms with E-state index in [-0.39, 0.29) is 18.5 Å². The number of nitrogens with zero attached hydrogens (tertiary/aromatic N) is 5. The molecule has 0 amide bonds. The SMILES string of the molecule is CC(C)n1c(=O)n(C)c2nnc(-c3ccc4c(c3)OCO4)nc21. The maximum atomic E-state index is 12.3. The maximum Gasteiger partial charge on any atom is 0.331 e. The molecular formula is C15H15N5O3. The Morgan fingerprint density at radius 3 is 2.70 bits per heavy atom. The van der Waals surface area contributed by atoms with Crippen molar-refractivity contribution in [2.24, 2.45) is 7.05 Å². The summed E-state index contributed by atoms with van der Waals surface area (Å²) in [5, 5.41) is 8.32. The number of aryl methyl sites for hydroxylation is 1. The van der Waals surface area contributed by atoms with Gasteiger partial charge in [-0.3, -0.25) is 9.13 Å². The van der Waals surface area contributed by atoms with Crippen LogP contribution in [-0.2, 0) is 7.05 Å². The van der Waals surface area contributed by atoms with Gasteiger partial charge in [-0.25, -0.2) is 9.78 Å². The van der Waals surface area contributed by atoms with E-state index >= 15 is 0 Å². The van der Waals surface area contributed by atoms with Crippen LogP contribution in [0.15, 0.2) is 23.0 Å². The number of rotatable bonds is 2. The molecule has 0 spiro atoms. The Labute approximate surface area is 131 Å². The quantitative estimate of drug-likeness (QED) is 0.713. The highest BCUT2D eigenvalue weighted by molar-refractivity contribution is 5.70. The van der Waals surface area contributed by atoms with Crippen LogP contribution < -0.4 is 15.2 Å². The first kappa shape index (κ1) is 13.7. The maximum absolute atomic E-state index is 12.3. The highest BCUT2D eigenvalue weighted by Crippen LogP contribution is 2.35. The molecule has 0 radical (unpaired) electrons. The van der Waals surface area contributed by atoms with E-state index in [9.17, 15) is 4.79 Å². The predicted molar refractivity (Wildman–Crippen MR) is 82.5 cm³/mol. The Hall–Kier alpha value is -2.90. The molecule has 0 bridgehead atoms. The number of benzene rings is 1. The van der Waals surface area contributed by atoms with E-state index in [0.29, 0.717) is 28.6 Å². The van der Waals surface area contributed by atoms with Gasteiger partial charge in [0.2, 0.25) is 12.4 Å². The minimum absolute atomic E-state index is 0.0208. The molecule has 8 nitrogen and oxygen atoms in total. The average molecular weight is 313 g/mol. The van der Waals surface area contributed by atoms with E-state index in [1.807, 2.05) is 32.0 Å². The van der Waals surface area contributed by atoms with Gasteiger partial charge in [-0.1, -0.05) is 0 Å². The number of hydrogen-bond acceptors (Lipinski definition) is 6. The second kappa shape index (κ2) is 4.80. The molecule has 118 valence electrons. The lowest BCUT2D eigenvalue weighted by Gasteiger charge is -2.06. The number of ether oxygens (including phenoxy) is 2. The van der Waals surface area contributed by atoms with E-state index in [2.05, 4.69) is 15.2 Å². The third-order valence-corrected chi connectivity index (χ3v) is 3.84. The zero-order valence-corrected chi connectivity index (χ0v) is 13.0. The molecular weight excluding hydrogens is 298 g/mol. The van der Waals surface area contributed by atoms with E-state index < -0.39 is 0 Å². The Morgan fingerprint density at radius 2 is 1.91 bits per heavy atom. The van der Waals surface area contributed by atoms with Gasteiger partial charge in [-0.05, 0) is 32.0 Å². The Morgan fingerprint density at radius 1 is 1.13 bits per heavy atom. The van der Waals surface area contributed by atoms with Crippen LogP contribution in [0.1, 0.15) is 19.9 Å². The summed E-state index contributed by atoms with van der Waals surface area (Å²) < 4.78 is 13.7. The van der Waals surface area contributed by atoms with Gasteiger partial charge in [-0.15, -0.1) is 10.2 Å². The highest BCUT2D eigenvalue weighted by atomic mass is 16.7. The molecule has 8 heteroatoms. The smallest absolute Gasteiger partial charge is 0.331 e. The van der Waals surface area contributed by atoms with Crippen LogP contribution in [0.5, 0.6) is 11.5 Å². The number of fused-ring (bicyclic) bond motifs is 2. The van der Waals surface area contributed by atoms with Crippen molar-refractivity contribution in [3.8, 4) is 22.9 Å². The lowest BCUT2D eigenvalue weighted by atomic mass is 10.2. The topological polar surface area (TPSA) is 84.1 Å². The van der Waals surface area contributed by atoms with Gasteiger partial charge in [0.15, 0.2) is 23.0 Å². The van der Waals surface area contributed by atoms with Crippen LogP contribution in [0, 0.1) is 0 Å². The van der Waals surface area contributed by atoms with Crippen molar-refractivity contribution in [3.05, 3.63) is 28.7 Å². The van der Waals surface area contributed by atoms with Crippen molar-refractivity contribution < 1.29 is 9.47 Å². The van der Waals surface area contributed by atoms with Crippen molar-refractivity contribution in [2.75, 3.05) is 6.79 Å². The van der Waals surface area contributed by atoms with Gasteiger partial charge in [-0.2, -0.15) is 0 Å². The van der Waals surface area contributed by atoms with Gasteiger partial charge < -0.3 is 9.47 Å². The number of imidazole rings is 1. The normalized spacial score (nSPS) is 13.2. The zero-order valence-electron chi connectivity index (χ0n) is 13.0. The molecule has 0 atom stereocenters. The first-order valence-corrected chi connectivity index (χ1v) is 7.28. The summed E-state index contributed by atoms with van der Waals surface area (Å²) in [6, 6.07) is 5.45. The summed E-state index contributed by atoms with van der Waals surface area (Å²) in [6.07, 6.45) is 0. The third kappa shape index (κ3) is 1.98. The highest BCUT2D eigenvalue weighted by Gasteiger charge is 2.19. The summed E-state index contributed by atoms with van der Waals surface area (Å²) in [5.74, 6) is 1.79. The fourth-order valence-corrected chi connectivity index (χ4v) is 2.66. The number of hydrogen-bond donors (Lipinski definition) is 0. The lowest BCUT2D eigenvalue weighted by molar-refractivity contribution is 0.174. The van der Waals surface area contributed by atoms with Crippen LogP contribution >= 0.6 is 0 Å².